The first kappa shape index (κ1) is 25.8. The van der Waals surface area contributed by atoms with Gasteiger partial charge in [-0.2, -0.15) is 4.39 Å². The van der Waals surface area contributed by atoms with E-state index in [1.165, 1.54) is 24.1 Å². The van der Waals surface area contributed by atoms with E-state index in [0.717, 1.165) is 31.2 Å². The van der Waals surface area contributed by atoms with Crippen molar-refractivity contribution < 1.29 is 17.9 Å². The average Bonchev–Trinajstić information content (AvgIpc) is 2.90. The lowest BCUT2D eigenvalue weighted by molar-refractivity contribution is 0.295. The Morgan fingerprint density at radius 2 is 1.58 bits per heavy atom. The van der Waals surface area contributed by atoms with Crippen LogP contribution in [0.1, 0.15) is 57.9 Å². The number of ether oxygens (including phenoxy) is 1. The maximum Gasteiger partial charge on any atom is 0.201 e. The quantitative estimate of drug-likeness (QED) is 0.271. The van der Waals surface area contributed by atoms with Crippen LogP contribution in [-0.2, 0) is 0 Å². The normalized spacial score (nSPS) is 15.8. The zero-order chi connectivity index (χ0) is 25.5. The van der Waals surface area contributed by atoms with Crippen molar-refractivity contribution >= 4 is 5.57 Å². The molecule has 188 valence electrons. The van der Waals surface area contributed by atoms with Crippen LogP contribution in [-0.4, -0.2) is 6.61 Å². The van der Waals surface area contributed by atoms with Crippen LogP contribution in [0.5, 0.6) is 5.75 Å². The second-order valence-electron chi connectivity index (χ2n) is 9.38. The topological polar surface area (TPSA) is 9.23 Å². The number of hydrogen-bond acceptors (Lipinski definition) is 1. The van der Waals surface area contributed by atoms with Crippen molar-refractivity contribution in [3.05, 3.63) is 95.8 Å². The van der Waals surface area contributed by atoms with Gasteiger partial charge in [-0.05, 0) is 91.8 Å². The summed E-state index contributed by atoms with van der Waals surface area (Å²) in [6.45, 7) is 4.27. The predicted octanol–water partition coefficient (Wildman–Crippen LogP) is 9.77. The number of hydrogen-bond donors (Lipinski definition) is 0. The third-order valence-electron chi connectivity index (χ3n) is 6.85. The van der Waals surface area contributed by atoms with Gasteiger partial charge in [-0.3, -0.25) is 0 Å². The van der Waals surface area contributed by atoms with E-state index in [0.29, 0.717) is 35.6 Å². The standard InChI is InChI=1S/C32H33F3O/c1-3-5-6-7-22-8-10-23(11-9-22)26-16-17-27(29(33)21-26)24-12-14-25(15-13-24)28-18-19-30(36-20-4-2)32(35)31(28)34/h3,5,10,12-19,21-22H,4,6-9,11,20H2,1-2H3. The minimum atomic E-state index is -0.993. The maximum atomic E-state index is 15.1. The number of allylic oxidation sites excluding steroid dienone is 4. The largest absolute Gasteiger partial charge is 0.490 e. The van der Waals surface area contributed by atoms with E-state index in [-0.39, 0.29) is 17.1 Å². The van der Waals surface area contributed by atoms with Crippen LogP contribution in [0.25, 0.3) is 27.8 Å². The van der Waals surface area contributed by atoms with E-state index < -0.39 is 11.6 Å². The summed E-state index contributed by atoms with van der Waals surface area (Å²) in [4.78, 5) is 0. The van der Waals surface area contributed by atoms with Crippen LogP contribution in [0.15, 0.2) is 72.8 Å². The summed E-state index contributed by atoms with van der Waals surface area (Å²) >= 11 is 0. The van der Waals surface area contributed by atoms with E-state index in [9.17, 15) is 8.78 Å². The Labute approximate surface area is 212 Å². The molecular weight excluding hydrogens is 457 g/mol. The smallest absolute Gasteiger partial charge is 0.201 e. The SMILES string of the molecule is CC=CCCC1CC=C(c2ccc(-c3ccc(-c4ccc(OCCC)c(F)c4F)cc3)c(F)c2)CC1. The van der Waals surface area contributed by atoms with E-state index in [1.54, 1.807) is 36.4 Å². The third kappa shape index (κ3) is 5.92. The van der Waals surface area contributed by atoms with Crippen molar-refractivity contribution in [1.29, 1.82) is 0 Å². The molecule has 0 saturated heterocycles. The molecule has 3 aromatic carbocycles. The highest BCUT2D eigenvalue weighted by atomic mass is 19.2. The Balaban J connectivity index is 1.48. The molecule has 0 saturated carbocycles. The molecule has 0 spiro atoms. The van der Waals surface area contributed by atoms with Crippen LogP contribution in [0.4, 0.5) is 13.2 Å². The fraction of sp³-hybridized carbons (Fsp3) is 0.312. The van der Waals surface area contributed by atoms with Crippen LogP contribution in [0.3, 0.4) is 0 Å². The molecule has 1 nitrogen and oxygen atoms in total. The zero-order valence-electron chi connectivity index (χ0n) is 21.0. The minimum absolute atomic E-state index is 0.0888. The molecule has 3 aromatic rings. The third-order valence-corrected chi connectivity index (χ3v) is 6.85. The highest BCUT2D eigenvalue weighted by Gasteiger charge is 2.18. The highest BCUT2D eigenvalue weighted by molar-refractivity contribution is 5.74. The van der Waals surface area contributed by atoms with E-state index in [4.69, 9.17) is 4.74 Å². The van der Waals surface area contributed by atoms with Crippen molar-refractivity contribution in [3.8, 4) is 28.0 Å². The summed E-state index contributed by atoms with van der Waals surface area (Å²) in [5.41, 5.74) is 3.98. The van der Waals surface area contributed by atoms with E-state index in [1.807, 2.05) is 13.0 Å². The summed E-state index contributed by atoms with van der Waals surface area (Å²) in [7, 11) is 0. The van der Waals surface area contributed by atoms with Crippen molar-refractivity contribution in [1.82, 2.24) is 0 Å². The number of halogens is 3. The summed E-state index contributed by atoms with van der Waals surface area (Å²) in [6, 6.07) is 15.2. The lowest BCUT2D eigenvalue weighted by Crippen LogP contribution is -2.05. The monoisotopic (exact) mass is 490 g/mol. The van der Waals surface area contributed by atoms with Crippen molar-refractivity contribution in [3.63, 3.8) is 0 Å². The van der Waals surface area contributed by atoms with Gasteiger partial charge in [0.15, 0.2) is 11.6 Å². The Morgan fingerprint density at radius 3 is 2.22 bits per heavy atom. The lowest BCUT2D eigenvalue weighted by atomic mass is 9.84. The van der Waals surface area contributed by atoms with Gasteiger partial charge in [0.25, 0.3) is 0 Å². The molecular formula is C32H33F3O. The second-order valence-corrected chi connectivity index (χ2v) is 9.38. The maximum absolute atomic E-state index is 15.1. The lowest BCUT2D eigenvalue weighted by Gasteiger charge is -2.22. The summed E-state index contributed by atoms with van der Waals surface area (Å²) in [5, 5.41) is 0. The summed E-state index contributed by atoms with van der Waals surface area (Å²) in [5.74, 6) is -1.62. The molecule has 0 heterocycles. The molecule has 1 aliphatic carbocycles. The zero-order valence-corrected chi connectivity index (χ0v) is 21.0. The molecule has 0 amide bonds. The summed E-state index contributed by atoms with van der Waals surface area (Å²) < 4.78 is 49.4. The molecule has 1 aliphatic rings. The van der Waals surface area contributed by atoms with E-state index in [2.05, 4.69) is 25.2 Å². The highest BCUT2D eigenvalue weighted by Crippen LogP contribution is 2.35. The van der Waals surface area contributed by atoms with Gasteiger partial charge in [0.1, 0.15) is 5.82 Å². The van der Waals surface area contributed by atoms with Crippen molar-refractivity contribution in [2.45, 2.75) is 52.4 Å². The van der Waals surface area contributed by atoms with Crippen LogP contribution >= 0.6 is 0 Å². The Hall–Kier alpha value is -3.27. The Morgan fingerprint density at radius 1 is 0.889 bits per heavy atom. The van der Waals surface area contributed by atoms with Gasteiger partial charge in [-0.15, -0.1) is 0 Å². The molecule has 0 aliphatic heterocycles. The predicted molar refractivity (Wildman–Crippen MR) is 142 cm³/mol. The van der Waals surface area contributed by atoms with Crippen LogP contribution < -0.4 is 4.74 Å². The van der Waals surface area contributed by atoms with Gasteiger partial charge < -0.3 is 4.74 Å². The van der Waals surface area contributed by atoms with Crippen molar-refractivity contribution in [2.24, 2.45) is 5.92 Å². The van der Waals surface area contributed by atoms with Crippen molar-refractivity contribution in [2.75, 3.05) is 6.61 Å². The van der Waals surface area contributed by atoms with Gasteiger partial charge >= 0.3 is 0 Å². The van der Waals surface area contributed by atoms with Gasteiger partial charge in [-0.1, -0.05) is 61.5 Å². The fourth-order valence-corrected chi connectivity index (χ4v) is 4.77. The number of rotatable bonds is 9. The molecule has 0 fully saturated rings. The van der Waals surface area contributed by atoms with Crippen LogP contribution in [0, 0.1) is 23.4 Å². The van der Waals surface area contributed by atoms with Gasteiger partial charge in [-0.25, -0.2) is 8.78 Å². The molecule has 4 heteroatoms. The Kier molecular flexibility index (Phi) is 8.69. The first-order valence-corrected chi connectivity index (χ1v) is 12.8. The first-order valence-electron chi connectivity index (χ1n) is 12.8. The molecule has 1 unspecified atom stereocenters. The molecule has 0 aromatic heterocycles. The van der Waals surface area contributed by atoms with E-state index >= 15 is 4.39 Å². The second kappa shape index (κ2) is 12.1. The minimum Gasteiger partial charge on any atom is -0.490 e. The average molecular weight is 491 g/mol. The van der Waals surface area contributed by atoms with Gasteiger partial charge in [0.05, 0.1) is 6.61 Å². The molecule has 1 atom stereocenters. The van der Waals surface area contributed by atoms with Gasteiger partial charge in [0, 0.05) is 11.1 Å². The summed E-state index contributed by atoms with van der Waals surface area (Å²) in [6.07, 6.45) is 12.7. The van der Waals surface area contributed by atoms with Gasteiger partial charge in [0.2, 0.25) is 5.82 Å². The molecule has 0 N–H and O–H groups in total. The molecule has 4 rings (SSSR count). The first-order chi connectivity index (χ1) is 17.5. The number of benzene rings is 3. The molecule has 0 radical (unpaired) electrons. The Bertz CT molecular complexity index is 1240. The molecule has 0 bridgehead atoms. The van der Waals surface area contributed by atoms with Crippen LogP contribution in [0.2, 0.25) is 0 Å². The molecule has 36 heavy (non-hydrogen) atoms. The fourth-order valence-electron chi connectivity index (χ4n) is 4.77.